The van der Waals surface area contributed by atoms with Crippen molar-refractivity contribution in [1.29, 1.82) is 0 Å². The topological polar surface area (TPSA) is 65.5 Å². The van der Waals surface area contributed by atoms with E-state index in [2.05, 4.69) is 27.3 Å². The van der Waals surface area contributed by atoms with E-state index in [-0.39, 0.29) is 29.9 Å². The third-order valence-corrected chi connectivity index (χ3v) is 7.25. The zero-order valence-corrected chi connectivity index (χ0v) is 18.6. The highest BCUT2D eigenvalue weighted by atomic mass is 16.2. The van der Waals surface area contributed by atoms with Crippen molar-refractivity contribution in [3.05, 3.63) is 94.8 Å². The van der Waals surface area contributed by atoms with E-state index >= 15 is 0 Å². The van der Waals surface area contributed by atoms with Crippen LogP contribution in [0.2, 0.25) is 0 Å². The number of hydrogen-bond donors (Lipinski definition) is 1. The first-order valence-corrected chi connectivity index (χ1v) is 11.6. The van der Waals surface area contributed by atoms with Gasteiger partial charge in [0.25, 0.3) is 11.8 Å². The second-order valence-electron chi connectivity index (χ2n) is 9.32. The molecule has 166 valence electrons. The minimum absolute atomic E-state index is 0.0215. The summed E-state index contributed by atoms with van der Waals surface area (Å²) in [6, 6.07) is 18.4. The molecule has 2 saturated heterocycles. The minimum atomic E-state index is -0.0614. The van der Waals surface area contributed by atoms with Crippen molar-refractivity contribution < 1.29 is 9.59 Å². The number of fused-ring (bicyclic) bond motifs is 4. The number of para-hydroxylation sites is 1. The van der Waals surface area contributed by atoms with Gasteiger partial charge in [0.1, 0.15) is 0 Å². The van der Waals surface area contributed by atoms with E-state index in [4.69, 9.17) is 0 Å². The van der Waals surface area contributed by atoms with Gasteiger partial charge in [-0.15, -0.1) is 0 Å². The van der Waals surface area contributed by atoms with Crippen molar-refractivity contribution in [2.45, 2.75) is 37.9 Å². The maximum atomic E-state index is 13.3. The van der Waals surface area contributed by atoms with Gasteiger partial charge in [0.15, 0.2) is 0 Å². The molecule has 1 N–H and O–H groups in total. The molecule has 6 heteroatoms. The lowest BCUT2D eigenvalue weighted by Crippen LogP contribution is -2.56. The normalized spacial score (nSPS) is 24.0. The quantitative estimate of drug-likeness (QED) is 0.656. The van der Waals surface area contributed by atoms with Crippen LogP contribution in [0, 0.1) is 6.92 Å². The number of anilines is 1. The summed E-state index contributed by atoms with van der Waals surface area (Å²) in [4.78, 5) is 35.0. The minimum Gasteiger partial charge on any atom is -0.335 e. The van der Waals surface area contributed by atoms with E-state index < -0.39 is 0 Å². The number of likely N-dealkylation sites (tertiary alicyclic amines) is 1. The summed E-state index contributed by atoms with van der Waals surface area (Å²) in [7, 11) is 0. The molecule has 0 radical (unpaired) electrons. The molecule has 2 fully saturated rings. The predicted molar refractivity (Wildman–Crippen MR) is 126 cm³/mol. The standard InChI is InChI=1S/C27H26N4O2/c1-17-12-18(14-28-13-17)27(33)30-15-19-10-11-20(16-30)31(19)25-21-6-2-3-7-22(21)26(32)29-24-9-5-4-8-23(24)25/h2-9,12-14,19-20,25H,10-11,15-16H2,1H3,(H,29,32). The van der Waals surface area contributed by atoms with Crippen LogP contribution in [0.5, 0.6) is 0 Å². The van der Waals surface area contributed by atoms with E-state index in [1.165, 1.54) is 0 Å². The van der Waals surface area contributed by atoms with E-state index in [1.807, 2.05) is 54.3 Å². The first kappa shape index (κ1) is 20.1. The smallest absolute Gasteiger partial charge is 0.256 e. The number of aromatic nitrogens is 1. The fourth-order valence-corrected chi connectivity index (χ4v) is 5.85. The van der Waals surface area contributed by atoms with Crippen LogP contribution < -0.4 is 5.32 Å². The van der Waals surface area contributed by atoms with Gasteiger partial charge in [-0.1, -0.05) is 36.4 Å². The van der Waals surface area contributed by atoms with E-state index in [1.54, 1.807) is 12.4 Å². The summed E-state index contributed by atoms with van der Waals surface area (Å²) in [5.74, 6) is -0.00470. The molecule has 0 aliphatic carbocycles. The number of aryl methyl sites for hydroxylation is 1. The third kappa shape index (κ3) is 3.33. The SMILES string of the molecule is Cc1cncc(C(=O)N2CC3CCC(C2)N3C2c3ccccc3NC(=O)c3ccccc32)c1. The van der Waals surface area contributed by atoms with Crippen LogP contribution in [0.25, 0.3) is 0 Å². The van der Waals surface area contributed by atoms with Crippen molar-refractivity contribution in [3.63, 3.8) is 0 Å². The highest BCUT2D eigenvalue weighted by molar-refractivity contribution is 6.07. The Kier molecular flexibility index (Phi) is 4.76. The van der Waals surface area contributed by atoms with Gasteiger partial charge in [-0.25, -0.2) is 0 Å². The van der Waals surface area contributed by atoms with Crippen LogP contribution in [0.3, 0.4) is 0 Å². The molecule has 33 heavy (non-hydrogen) atoms. The first-order chi connectivity index (χ1) is 16.1. The maximum Gasteiger partial charge on any atom is 0.256 e. The average Bonchev–Trinajstić information content (AvgIpc) is 3.01. The van der Waals surface area contributed by atoms with Crippen molar-refractivity contribution in [2.24, 2.45) is 0 Å². The maximum absolute atomic E-state index is 13.3. The molecule has 4 heterocycles. The molecule has 1 aromatic heterocycles. The van der Waals surface area contributed by atoms with Crippen LogP contribution >= 0.6 is 0 Å². The summed E-state index contributed by atoms with van der Waals surface area (Å²) in [5.41, 5.74) is 5.40. The second kappa shape index (κ2) is 7.81. The number of piperazine rings is 1. The molecule has 6 nitrogen and oxygen atoms in total. The number of rotatable bonds is 2. The Morgan fingerprint density at radius 3 is 2.42 bits per heavy atom. The second-order valence-corrected chi connectivity index (χ2v) is 9.32. The fraction of sp³-hybridized carbons (Fsp3) is 0.296. The number of carbonyl (C=O) groups is 2. The number of amides is 2. The molecule has 3 aliphatic rings. The summed E-state index contributed by atoms with van der Waals surface area (Å²) in [6.45, 7) is 3.33. The predicted octanol–water partition coefficient (Wildman–Crippen LogP) is 4.03. The van der Waals surface area contributed by atoms with Crippen LogP contribution in [-0.2, 0) is 0 Å². The Bertz CT molecular complexity index is 1240. The summed E-state index contributed by atoms with van der Waals surface area (Å²) < 4.78 is 0. The Morgan fingerprint density at radius 1 is 0.970 bits per heavy atom. The van der Waals surface area contributed by atoms with Gasteiger partial charge in [-0.3, -0.25) is 19.5 Å². The molecule has 2 amide bonds. The Hall–Kier alpha value is -3.51. The molecular weight excluding hydrogens is 412 g/mol. The molecule has 2 aromatic carbocycles. The fourth-order valence-electron chi connectivity index (χ4n) is 5.85. The molecule has 3 unspecified atom stereocenters. The van der Waals surface area contributed by atoms with Gasteiger partial charge in [-0.05, 0) is 54.7 Å². The number of benzene rings is 2. The van der Waals surface area contributed by atoms with Gasteiger partial charge in [0.2, 0.25) is 0 Å². The molecule has 3 aliphatic heterocycles. The number of nitrogens with zero attached hydrogens (tertiary/aromatic N) is 3. The number of carbonyl (C=O) groups excluding carboxylic acids is 2. The Labute approximate surface area is 193 Å². The van der Waals surface area contributed by atoms with Crippen LogP contribution in [0.1, 0.15) is 56.3 Å². The molecule has 3 atom stereocenters. The monoisotopic (exact) mass is 438 g/mol. The number of nitrogens with one attached hydrogen (secondary N) is 1. The molecule has 6 rings (SSSR count). The third-order valence-electron chi connectivity index (χ3n) is 7.25. The van der Waals surface area contributed by atoms with Crippen LogP contribution in [-0.4, -0.2) is 51.8 Å². The molecular formula is C27H26N4O2. The van der Waals surface area contributed by atoms with Crippen LogP contribution in [0.4, 0.5) is 5.69 Å². The lowest BCUT2D eigenvalue weighted by Gasteiger charge is -2.45. The molecule has 0 saturated carbocycles. The van der Waals surface area contributed by atoms with Gasteiger partial charge in [0.05, 0.1) is 11.6 Å². The lowest BCUT2D eigenvalue weighted by atomic mass is 9.91. The van der Waals surface area contributed by atoms with Gasteiger partial charge in [-0.2, -0.15) is 0 Å². The van der Waals surface area contributed by atoms with Gasteiger partial charge in [0, 0.05) is 48.8 Å². The highest BCUT2D eigenvalue weighted by Gasteiger charge is 2.47. The molecule has 2 bridgehead atoms. The zero-order chi connectivity index (χ0) is 22.5. The highest BCUT2D eigenvalue weighted by Crippen LogP contribution is 2.45. The van der Waals surface area contributed by atoms with E-state index in [0.29, 0.717) is 18.7 Å². The van der Waals surface area contributed by atoms with Crippen molar-refractivity contribution in [3.8, 4) is 0 Å². The van der Waals surface area contributed by atoms with Crippen molar-refractivity contribution in [1.82, 2.24) is 14.8 Å². The number of pyridine rings is 1. The Morgan fingerprint density at radius 2 is 1.67 bits per heavy atom. The number of hydrogen-bond acceptors (Lipinski definition) is 4. The van der Waals surface area contributed by atoms with Crippen LogP contribution in [0.15, 0.2) is 67.0 Å². The summed E-state index contributed by atoms with van der Waals surface area (Å²) >= 11 is 0. The zero-order valence-electron chi connectivity index (χ0n) is 18.6. The first-order valence-electron chi connectivity index (χ1n) is 11.6. The largest absolute Gasteiger partial charge is 0.335 e. The molecule has 3 aromatic rings. The van der Waals surface area contributed by atoms with E-state index in [9.17, 15) is 9.59 Å². The van der Waals surface area contributed by atoms with Crippen molar-refractivity contribution in [2.75, 3.05) is 18.4 Å². The van der Waals surface area contributed by atoms with Gasteiger partial charge >= 0.3 is 0 Å². The van der Waals surface area contributed by atoms with Gasteiger partial charge < -0.3 is 10.2 Å². The lowest BCUT2D eigenvalue weighted by molar-refractivity contribution is 0.0341. The Balaban J connectivity index is 1.38. The van der Waals surface area contributed by atoms with E-state index in [0.717, 1.165) is 40.8 Å². The summed E-state index contributed by atoms with van der Waals surface area (Å²) in [5, 5.41) is 3.11. The summed E-state index contributed by atoms with van der Waals surface area (Å²) in [6.07, 6.45) is 5.53. The average molecular weight is 439 g/mol. The van der Waals surface area contributed by atoms with Crippen molar-refractivity contribution >= 4 is 17.5 Å². The molecule has 0 spiro atoms.